The maximum atomic E-state index is 12.2. The lowest BCUT2D eigenvalue weighted by atomic mass is 10.2. The average Bonchev–Trinajstić information content (AvgIpc) is 2.86. The Morgan fingerprint density at radius 3 is 2.90 bits per heavy atom. The third-order valence-electron chi connectivity index (χ3n) is 2.61. The number of amides is 1. The van der Waals surface area contributed by atoms with Gasteiger partial charge in [0.05, 0.1) is 17.9 Å². The van der Waals surface area contributed by atoms with Crippen LogP contribution in [0.15, 0.2) is 30.5 Å². The van der Waals surface area contributed by atoms with E-state index in [0.29, 0.717) is 22.7 Å². The van der Waals surface area contributed by atoms with Gasteiger partial charge in [-0.15, -0.1) is 0 Å². The van der Waals surface area contributed by atoms with E-state index in [9.17, 15) is 4.79 Å². The second-order valence-corrected chi connectivity index (χ2v) is 5.11. The van der Waals surface area contributed by atoms with E-state index in [4.69, 9.17) is 22.7 Å². The zero-order chi connectivity index (χ0) is 15.4. The molecule has 0 radical (unpaired) electrons. The van der Waals surface area contributed by atoms with Crippen molar-refractivity contribution in [2.45, 2.75) is 20.0 Å². The summed E-state index contributed by atoms with van der Waals surface area (Å²) in [4.78, 5) is 12.4. The predicted octanol–water partition coefficient (Wildman–Crippen LogP) is 2.08. The van der Waals surface area contributed by atoms with E-state index in [2.05, 4.69) is 15.5 Å². The largest absolute Gasteiger partial charge is 0.491 e. The lowest BCUT2D eigenvalue weighted by Crippen LogP contribution is -2.17. The SMILES string of the molecule is CC(C)Oc1cccc(C(=O)Nc2[nH]ncc2C(N)=S)c1. The van der Waals surface area contributed by atoms with Crippen LogP contribution in [0.1, 0.15) is 29.8 Å². The van der Waals surface area contributed by atoms with Crippen molar-refractivity contribution < 1.29 is 9.53 Å². The molecule has 1 amide bonds. The minimum atomic E-state index is -0.300. The van der Waals surface area contributed by atoms with Gasteiger partial charge in [-0.1, -0.05) is 18.3 Å². The van der Waals surface area contributed by atoms with Gasteiger partial charge in [0.1, 0.15) is 16.6 Å². The number of ether oxygens (including phenoxy) is 1. The van der Waals surface area contributed by atoms with Crippen molar-refractivity contribution in [1.82, 2.24) is 10.2 Å². The van der Waals surface area contributed by atoms with Gasteiger partial charge >= 0.3 is 0 Å². The first-order chi connectivity index (χ1) is 9.97. The summed E-state index contributed by atoms with van der Waals surface area (Å²) in [6, 6.07) is 6.92. The van der Waals surface area contributed by atoms with Crippen LogP contribution in [0.4, 0.5) is 5.82 Å². The summed E-state index contributed by atoms with van der Waals surface area (Å²) in [6.07, 6.45) is 1.51. The van der Waals surface area contributed by atoms with Gasteiger partial charge in [-0.2, -0.15) is 5.10 Å². The van der Waals surface area contributed by atoms with Crippen molar-refractivity contribution in [3.05, 3.63) is 41.6 Å². The second kappa shape index (κ2) is 6.36. The molecule has 7 heteroatoms. The third kappa shape index (κ3) is 3.79. The lowest BCUT2D eigenvalue weighted by molar-refractivity contribution is 0.102. The molecule has 0 atom stereocenters. The first-order valence-electron chi connectivity index (χ1n) is 6.38. The molecule has 0 aliphatic heterocycles. The lowest BCUT2D eigenvalue weighted by Gasteiger charge is -2.11. The fraction of sp³-hybridized carbons (Fsp3) is 0.214. The van der Waals surface area contributed by atoms with E-state index < -0.39 is 0 Å². The van der Waals surface area contributed by atoms with Crippen molar-refractivity contribution >= 4 is 28.9 Å². The van der Waals surface area contributed by atoms with Crippen molar-refractivity contribution in [2.75, 3.05) is 5.32 Å². The van der Waals surface area contributed by atoms with Gasteiger partial charge in [0, 0.05) is 5.56 Å². The number of nitrogens with two attached hydrogens (primary N) is 1. The van der Waals surface area contributed by atoms with Crippen LogP contribution in [-0.2, 0) is 0 Å². The van der Waals surface area contributed by atoms with E-state index in [1.807, 2.05) is 13.8 Å². The maximum Gasteiger partial charge on any atom is 0.256 e. The molecule has 0 bridgehead atoms. The van der Waals surface area contributed by atoms with Gasteiger partial charge in [-0.3, -0.25) is 9.89 Å². The molecule has 0 aliphatic rings. The van der Waals surface area contributed by atoms with Gasteiger partial charge in [0.25, 0.3) is 5.91 Å². The molecule has 2 rings (SSSR count). The molecule has 0 saturated carbocycles. The van der Waals surface area contributed by atoms with Crippen LogP contribution >= 0.6 is 12.2 Å². The molecule has 0 spiro atoms. The predicted molar refractivity (Wildman–Crippen MR) is 84.6 cm³/mol. The summed E-state index contributed by atoms with van der Waals surface area (Å²) in [5, 5.41) is 9.16. The Balaban J connectivity index is 2.17. The Morgan fingerprint density at radius 2 is 2.24 bits per heavy atom. The van der Waals surface area contributed by atoms with Crippen LogP contribution < -0.4 is 15.8 Å². The van der Waals surface area contributed by atoms with Crippen molar-refractivity contribution in [1.29, 1.82) is 0 Å². The summed E-state index contributed by atoms with van der Waals surface area (Å²) in [5.74, 6) is 0.713. The van der Waals surface area contributed by atoms with Crippen LogP contribution in [0.3, 0.4) is 0 Å². The first-order valence-corrected chi connectivity index (χ1v) is 6.79. The van der Waals surface area contributed by atoms with E-state index in [1.54, 1.807) is 24.3 Å². The number of rotatable bonds is 5. The highest BCUT2D eigenvalue weighted by Crippen LogP contribution is 2.17. The van der Waals surface area contributed by atoms with Crippen molar-refractivity contribution in [2.24, 2.45) is 5.73 Å². The minimum absolute atomic E-state index is 0.0390. The Morgan fingerprint density at radius 1 is 1.48 bits per heavy atom. The number of H-pyrrole nitrogens is 1. The number of benzene rings is 1. The van der Waals surface area contributed by atoms with Gasteiger partial charge in [0.2, 0.25) is 0 Å². The van der Waals surface area contributed by atoms with Gasteiger partial charge < -0.3 is 15.8 Å². The molecule has 0 fully saturated rings. The standard InChI is InChI=1S/C14H16N4O2S/c1-8(2)20-10-5-3-4-9(6-10)14(19)17-13-11(12(15)21)7-16-18-13/h3-8H,1-2H3,(H2,15,21)(H2,16,17,18,19). The summed E-state index contributed by atoms with van der Waals surface area (Å²) in [5.41, 5.74) is 6.52. The number of anilines is 1. The summed E-state index contributed by atoms with van der Waals surface area (Å²) >= 11 is 4.89. The maximum absolute atomic E-state index is 12.2. The quantitative estimate of drug-likeness (QED) is 0.735. The number of carbonyl (C=O) groups is 1. The van der Waals surface area contributed by atoms with Gasteiger partial charge in [-0.05, 0) is 32.0 Å². The van der Waals surface area contributed by atoms with E-state index >= 15 is 0 Å². The van der Waals surface area contributed by atoms with Crippen molar-refractivity contribution in [3.8, 4) is 5.75 Å². The van der Waals surface area contributed by atoms with Crippen LogP contribution in [-0.4, -0.2) is 27.2 Å². The Bertz CT molecular complexity index is 666. The van der Waals surface area contributed by atoms with Gasteiger partial charge in [0.15, 0.2) is 0 Å². The topological polar surface area (TPSA) is 93.0 Å². The molecule has 110 valence electrons. The first kappa shape index (κ1) is 15.0. The zero-order valence-corrected chi connectivity index (χ0v) is 12.5. The fourth-order valence-corrected chi connectivity index (χ4v) is 1.89. The van der Waals surface area contributed by atoms with Crippen molar-refractivity contribution in [3.63, 3.8) is 0 Å². The average molecular weight is 304 g/mol. The molecule has 21 heavy (non-hydrogen) atoms. The van der Waals surface area contributed by atoms with E-state index in [-0.39, 0.29) is 17.0 Å². The molecule has 6 nitrogen and oxygen atoms in total. The number of hydrogen-bond acceptors (Lipinski definition) is 4. The second-order valence-electron chi connectivity index (χ2n) is 4.67. The molecule has 1 heterocycles. The number of thiocarbonyl (C=S) groups is 1. The zero-order valence-electron chi connectivity index (χ0n) is 11.7. The summed E-state index contributed by atoms with van der Waals surface area (Å²) in [7, 11) is 0. The highest BCUT2D eigenvalue weighted by molar-refractivity contribution is 7.80. The molecule has 0 aliphatic carbocycles. The Hall–Kier alpha value is -2.41. The van der Waals surface area contributed by atoms with Crippen LogP contribution in [0.5, 0.6) is 5.75 Å². The van der Waals surface area contributed by atoms with E-state index in [0.717, 1.165) is 0 Å². The fourth-order valence-electron chi connectivity index (χ4n) is 1.74. The molecular formula is C14H16N4O2S. The smallest absolute Gasteiger partial charge is 0.256 e. The monoisotopic (exact) mass is 304 g/mol. The number of hydrogen-bond donors (Lipinski definition) is 3. The molecule has 2 aromatic rings. The minimum Gasteiger partial charge on any atom is -0.491 e. The van der Waals surface area contributed by atoms with Crippen LogP contribution in [0.2, 0.25) is 0 Å². The molecule has 4 N–H and O–H groups in total. The highest BCUT2D eigenvalue weighted by Gasteiger charge is 2.13. The summed E-state index contributed by atoms with van der Waals surface area (Å²) < 4.78 is 5.56. The number of carbonyl (C=O) groups excluding carboxylic acids is 1. The normalized spacial score (nSPS) is 10.4. The molecule has 0 saturated heterocycles. The van der Waals surface area contributed by atoms with E-state index in [1.165, 1.54) is 6.20 Å². The molecular weight excluding hydrogens is 288 g/mol. The van der Waals surface area contributed by atoms with Gasteiger partial charge in [-0.25, -0.2) is 0 Å². The highest BCUT2D eigenvalue weighted by atomic mass is 32.1. The van der Waals surface area contributed by atoms with Crippen LogP contribution in [0.25, 0.3) is 0 Å². The Kier molecular flexibility index (Phi) is 4.54. The number of aromatic amines is 1. The number of nitrogens with zero attached hydrogens (tertiary/aromatic N) is 1. The molecule has 1 aromatic carbocycles. The summed E-state index contributed by atoms with van der Waals surface area (Å²) in [6.45, 7) is 3.84. The molecule has 0 unspecified atom stereocenters. The number of aromatic nitrogens is 2. The Labute approximate surface area is 127 Å². The van der Waals surface area contributed by atoms with Crippen LogP contribution in [0, 0.1) is 0 Å². The third-order valence-corrected chi connectivity index (χ3v) is 2.83. The molecule has 1 aromatic heterocycles. The number of nitrogens with one attached hydrogen (secondary N) is 2.